The van der Waals surface area contributed by atoms with Crippen molar-refractivity contribution in [1.82, 2.24) is 14.8 Å². The smallest absolute Gasteiger partial charge is 0.237 e. The van der Waals surface area contributed by atoms with Crippen LogP contribution in [0.15, 0.2) is 60.3 Å². The van der Waals surface area contributed by atoms with Crippen LogP contribution in [0.2, 0.25) is 5.02 Å². The molecule has 7 nitrogen and oxygen atoms in total. The van der Waals surface area contributed by atoms with E-state index in [-0.39, 0.29) is 12.7 Å². The number of nitrogens with zero attached hydrogens (tertiary/aromatic N) is 3. The van der Waals surface area contributed by atoms with Crippen LogP contribution >= 0.6 is 23.4 Å². The van der Waals surface area contributed by atoms with Crippen LogP contribution in [0.5, 0.6) is 11.5 Å². The lowest BCUT2D eigenvalue weighted by molar-refractivity contribution is -0.115. The molecule has 1 amide bonds. The van der Waals surface area contributed by atoms with E-state index >= 15 is 0 Å². The molecule has 1 aromatic heterocycles. The van der Waals surface area contributed by atoms with Crippen LogP contribution in [-0.2, 0) is 11.3 Å². The molecular formula is C21H19ClN4O3S. The van der Waals surface area contributed by atoms with Crippen molar-refractivity contribution < 1.29 is 14.3 Å². The second kappa shape index (κ2) is 8.81. The van der Waals surface area contributed by atoms with Crippen LogP contribution in [0.25, 0.3) is 11.4 Å². The minimum atomic E-state index is -0.402. The van der Waals surface area contributed by atoms with Gasteiger partial charge in [0.25, 0.3) is 0 Å². The lowest BCUT2D eigenvalue weighted by Crippen LogP contribution is -2.23. The highest BCUT2D eigenvalue weighted by atomic mass is 35.5. The van der Waals surface area contributed by atoms with Gasteiger partial charge in [-0.2, -0.15) is 0 Å². The summed E-state index contributed by atoms with van der Waals surface area (Å²) >= 11 is 7.31. The van der Waals surface area contributed by atoms with Crippen molar-refractivity contribution in [3.63, 3.8) is 0 Å². The van der Waals surface area contributed by atoms with Gasteiger partial charge in [-0.3, -0.25) is 9.36 Å². The van der Waals surface area contributed by atoms with Gasteiger partial charge in [0.05, 0.1) is 5.25 Å². The first kappa shape index (κ1) is 20.3. The first-order valence-electron chi connectivity index (χ1n) is 9.22. The monoisotopic (exact) mass is 442 g/mol. The fourth-order valence-corrected chi connectivity index (χ4v) is 3.90. The summed E-state index contributed by atoms with van der Waals surface area (Å²) in [4.78, 5) is 12.7. The summed E-state index contributed by atoms with van der Waals surface area (Å²) < 4.78 is 12.6. The Morgan fingerprint density at radius 3 is 2.80 bits per heavy atom. The molecule has 0 bridgehead atoms. The molecule has 2 aromatic carbocycles. The molecule has 4 rings (SSSR count). The van der Waals surface area contributed by atoms with Crippen molar-refractivity contribution in [2.24, 2.45) is 0 Å². The third kappa shape index (κ3) is 4.29. The van der Waals surface area contributed by atoms with E-state index in [2.05, 4.69) is 22.1 Å². The molecule has 1 atom stereocenters. The zero-order valence-electron chi connectivity index (χ0n) is 16.2. The van der Waals surface area contributed by atoms with Gasteiger partial charge in [0, 0.05) is 28.9 Å². The maximum Gasteiger partial charge on any atom is 0.237 e. The number of allylic oxidation sites excluding steroid dienone is 1. The third-order valence-electron chi connectivity index (χ3n) is 4.42. The Labute approximate surface area is 183 Å². The lowest BCUT2D eigenvalue weighted by atomic mass is 10.2. The van der Waals surface area contributed by atoms with Crippen molar-refractivity contribution in [1.29, 1.82) is 0 Å². The fraction of sp³-hybridized carbons (Fsp3) is 0.190. The van der Waals surface area contributed by atoms with Crippen LogP contribution in [0.1, 0.15) is 6.92 Å². The summed E-state index contributed by atoms with van der Waals surface area (Å²) in [5.74, 6) is 1.83. The number of carbonyl (C=O) groups is 1. The molecule has 1 N–H and O–H groups in total. The Morgan fingerprint density at radius 1 is 1.27 bits per heavy atom. The SMILES string of the molecule is C=CCn1c(SC(C)C(=O)Nc2ccc3c(c2)OCO3)nnc1-c1ccc(Cl)cc1. The third-order valence-corrected chi connectivity index (χ3v) is 5.75. The van der Waals surface area contributed by atoms with Crippen LogP contribution in [-0.4, -0.2) is 32.7 Å². The molecule has 0 spiro atoms. The van der Waals surface area contributed by atoms with E-state index in [0.29, 0.717) is 39.7 Å². The highest BCUT2D eigenvalue weighted by Crippen LogP contribution is 2.34. The van der Waals surface area contributed by atoms with Gasteiger partial charge in [-0.15, -0.1) is 16.8 Å². The Hall–Kier alpha value is -2.97. The Morgan fingerprint density at radius 2 is 2.03 bits per heavy atom. The Balaban J connectivity index is 1.49. The molecule has 0 saturated carbocycles. The molecule has 1 aliphatic rings. The van der Waals surface area contributed by atoms with Gasteiger partial charge < -0.3 is 14.8 Å². The molecule has 1 unspecified atom stereocenters. The number of fused-ring (bicyclic) bond motifs is 1. The zero-order valence-corrected chi connectivity index (χ0v) is 17.7. The highest BCUT2D eigenvalue weighted by molar-refractivity contribution is 8.00. The number of carbonyl (C=O) groups excluding carboxylic acids is 1. The summed E-state index contributed by atoms with van der Waals surface area (Å²) in [5, 5.41) is 12.4. The molecule has 0 fully saturated rings. The number of thioether (sulfide) groups is 1. The zero-order chi connectivity index (χ0) is 21.1. The lowest BCUT2D eigenvalue weighted by Gasteiger charge is -2.13. The minimum absolute atomic E-state index is 0.153. The first-order valence-corrected chi connectivity index (χ1v) is 10.5. The molecule has 9 heteroatoms. The predicted molar refractivity (Wildman–Crippen MR) is 117 cm³/mol. The van der Waals surface area contributed by atoms with Crippen molar-refractivity contribution >= 4 is 35.0 Å². The number of aromatic nitrogens is 3. The highest BCUT2D eigenvalue weighted by Gasteiger charge is 2.21. The molecular weight excluding hydrogens is 424 g/mol. The van der Waals surface area contributed by atoms with Crippen molar-refractivity contribution in [2.45, 2.75) is 23.9 Å². The van der Waals surface area contributed by atoms with E-state index in [1.165, 1.54) is 11.8 Å². The van der Waals surface area contributed by atoms with Gasteiger partial charge in [0.1, 0.15) is 0 Å². The number of rotatable bonds is 7. The van der Waals surface area contributed by atoms with Gasteiger partial charge in [0.15, 0.2) is 22.5 Å². The standard InChI is InChI=1S/C21H19ClN4O3S/c1-3-10-26-19(14-4-6-15(22)7-5-14)24-25-21(26)30-13(2)20(27)23-16-8-9-17-18(11-16)29-12-28-17/h3-9,11,13H,1,10,12H2,2H3,(H,23,27). The minimum Gasteiger partial charge on any atom is -0.454 e. The number of halogens is 1. The van der Waals surface area contributed by atoms with E-state index in [1.54, 1.807) is 36.4 Å². The summed E-state index contributed by atoms with van der Waals surface area (Å²) in [6.45, 7) is 6.34. The van der Waals surface area contributed by atoms with E-state index < -0.39 is 5.25 Å². The molecule has 3 aromatic rings. The Bertz CT molecular complexity index is 1080. The second-order valence-electron chi connectivity index (χ2n) is 6.53. The van der Waals surface area contributed by atoms with Gasteiger partial charge in [0.2, 0.25) is 12.7 Å². The quantitative estimate of drug-likeness (QED) is 0.424. The molecule has 154 valence electrons. The number of ether oxygens (including phenoxy) is 2. The molecule has 1 aliphatic heterocycles. The fourth-order valence-electron chi connectivity index (χ4n) is 2.91. The van der Waals surface area contributed by atoms with E-state index in [0.717, 1.165) is 5.56 Å². The van der Waals surface area contributed by atoms with E-state index in [4.69, 9.17) is 21.1 Å². The maximum absolute atomic E-state index is 12.7. The van der Waals surface area contributed by atoms with E-state index in [1.807, 2.05) is 23.6 Å². The van der Waals surface area contributed by atoms with Gasteiger partial charge in [-0.1, -0.05) is 29.4 Å². The molecule has 2 heterocycles. The van der Waals surface area contributed by atoms with Crippen LogP contribution in [0, 0.1) is 0 Å². The van der Waals surface area contributed by atoms with Crippen LogP contribution < -0.4 is 14.8 Å². The summed E-state index contributed by atoms with van der Waals surface area (Å²) in [7, 11) is 0. The van der Waals surface area contributed by atoms with Gasteiger partial charge >= 0.3 is 0 Å². The predicted octanol–water partition coefficient (Wildman–Crippen LogP) is 4.63. The largest absolute Gasteiger partial charge is 0.454 e. The number of benzene rings is 2. The van der Waals surface area contributed by atoms with Crippen molar-refractivity contribution in [3.05, 3.63) is 60.1 Å². The van der Waals surface area contributed by atoms with Gasteiger partial charge in [-0.25, -0.2) is 0 Å². The first-order chi connectivity index (χ1) is 14.5. The number of hydrogen-bond acceptors (Lipinski definition) is 6. The average Bonchev–Trinajstić information content (AvgIpc) is 3.36. The Kier molecular flexibility index (Phi) is 5.96. The number of nitrogens with one attached hydrogen (secondary N) is 1. The van der Waals surface area contributed by atoms with Gasteiger partial charge in [-0.05, 0) is 43.3 Å². The van der Waals surface area contributed by atoms with Crippen LogP contribution in [0.3, 0.4) is 0 Å². The topological polar surface area (TPSA) is 78.3 Å². The summed E-state index contributed by atoms with van der Waals surface area (Å²) in [6, 6.07) is 12.7. The van der Waals surface area contributed by atoms with Crippen molar-refractivity contribution in [3.8, 4) is 22.9 Å². The van der Waals surface area contributed by atoms with Crippen molar-refractivity contribution in [2.75, 3.05) is 12.1 Å². The summed E-state index contributed by atoms with van der Waals surface area (Å²) in [5.41, 5.74) is 1.53. The average molecular weight is 443 g/mol. The number of amides is 1. The molecule has 0 radical (unpaired) electrons. The number of anilines is 1. The normalized spacial score (nSPS) is 13.1. The second-order valence-corrected chi connectivity index (χ2v) is 8.27. The number of hydrogen-bond donors (Lipinski definition) is 1. The molecule has 30 heavy (non-hydrogen) atoms. The van der Waals surface area contributed by atoms with E-state index in [9.17, 15) is 4.79 Å². The summed E-state index contributed by atoms with van der Waals surface area (Å²) in [6.07, 6.45) is 1.77. The molecule has 0 aliphatic carbocycles. The molecule has 0 saturated heterocycles. The maximum atomic E-state index is 12.7. The van der Waals surface area contributed by atoms with Crippen LogP contribution in [0.4, 0.5) is 5.69 Å².